The van der Waals surface area contributed by atoms with Crippen molar-refractivity contribution in [1.82, 2.24) is 14.7 Å². The Balaban J connectivity index is 1.24. The van der Waals surface area contributed by atoms with Crippen molar-refractivity contribution in [3.63, 3.8) is 0 Å². The Kier molecular flexibility index (Phi) is 8.23. The molecule has 37 heavy (non-hydrogen) atoms. The van der Waals surface area contributed by atoms with Gasteiger partial charge in [0.1, 0.15) is 5.82 Å². The molecule has 1 aliphatic carbocycles. The number of alkyl halides is 3. The van der Waals surface area contributed by atoms with Crippen molar-refractivity contribution in [2.24, 2.45) is 11.8 Å². The summed E-state index contributed by atoms with van der Waals surface area (Å²) in [6.45, 7) is 1.08. The highest BCUT2D eigenvalue weighted by molar-refractivity contribution is 7.88. The molecule has 0 radical (unpaired) electrons. The zero-order chi connectivity index (χ0) is 26.6. The maximum atomic E-state index is 12.7. The molecule has 1 heterocycles. The Hall–Kier alpha value is -2.92. The van der Waals surface area contributed by atoms with E-state index in [0.717, 1.165) is 61.1 Å². The summed E-state index contributed by atoms with van der Waals surface area (Å²) < 4.78 is 65.7. The van der Waals surface area contributed by atoms with Crippen LogP contribution in [0.4, 0.5) is 24.9 Å². The maximum absolute atomic E-state index is 12.7. The molecule has 4 rings (SSSR count). The highest BCUT2D eigenvalue weighted by atomic mass is 32.2. The van der Waals surface area contributed by atoms with Crippen LogP contribution in [0.3, 0.4) is 0 Å². The van der Waals surface area contributed by atoms with E-state index in [1.807, 2.05) is 43.3 Å². The minimum Gasteiger partial charge on any atom is -0.362 e. The van der Waals surface area contributed by atoms with Crippen LogP contribution in [0, 0.1) is 11.8 Å². The van der Waals surface area contributed by atoms with Crippen molar-refractivity contribution in [3.05, 3.63) is 59.7 Å². The van der Waals surface area contributed by atoms with E-state index < -0.39 is 21.8 Å². The maximum Gasteiger partial charge on any atom is 0.416 e. The number of anilines is 2. The number of rotatable bonds is 9. The molecule has 0 bridgehead atoms. The van der Waals surface area contributed by atoms with Crippen molar-refractivity contribution in [2.45, 2.75) is 37.6 Å². The number of para-hydroxylation sites is 1. The van der Waals surface area contributed by atoms with E-state index in [4.69, 9.17) is 0 Å². The van der Waals surface area contributed by atoms with Gasteiger partial charge in [0.15, 0.2) is 0 Å². The predicted octanol–water partition coefficient (Wildman–Crippen LogP) is 5.05. The summed E-state index contributed by atoms with van der Waals surface area (Å²) in [7, 11) is 0.277. The van der Waals surface area contributed by atoms with Gasteiger partial charge >= 0.3 is 6.18 Å². The third-order valence-electron chi connectivity index (χ3n) is 6.75. The lowest BCUT2D eigenvalue weighted by atomic mass is 9.82. The summed E-state index contributed by atoms with van der Waals surface area (Å²) in [5.74, 6) is 1.79. The van der Waals surface area contributed by atoms with Crippen LogP contribution >= 0.6 is 0 Å². The number of fused-ring (bicyclic) bond motifs is 1. The van der Waals surface area contributed by atoms with Gasteiger partial charge in [0.2, 0.25) is 16.0 Å². The highest BCUT2D eigenvalue weighted by Gasteiger charge is 2.30. The largest absolute Gasteiger partial charge is 0.416 e. The van der Waals surface area contributed by atoms with Gasteiger partial charge in [0.25, 0.3) is 0 Å². The first-order chi connectivity index (χ1) is 17.5. The second kappa shape index (κ2) is 11.2. The van der Waals surface area contributed by atoms with Crippen molar-refractivity contribution in [2.75, 3.05) is 37.4 Å². The summed E-state index contributed by atoms with van der Waals surface area (Å²) in [6.07, 6.45) is -0.714. The molecule has 1 fully saturated rings. The van der Waals surface area contributed by atoms with E-state index in [2.05, 4.69) is 20.0 Å². The van der Waals surface area contributed by atoms with Gasteiger partial charge < -0.3 is 10.2 Å². The van der Waals surface area contributed by atoms with Crippen LogP contribution in [-0.4, -0.2) is 45.6 Å². The SMILES string of the molecule is CN(C)c1nc(NC[C@H]2CC[C@H](CNS(=O)(=O)Cc3ccc(C(F)(F)F)cc3)CC2)nc2ccccc12. The van der Waals surface area contributed by atoms with Gasteiger partial charge in [-0.05, 0) is 67.3 Å². The van der Waals surface area contributed by atoms with Crippen LogP contribution in [-0.2, 0) is 22.0 Å². The third-order valence-corrected chi connectivity index (χ3v) is 8.07. The zero-order valence-corrected chi connectivity index (χ0v) is 21.7. The molecule has 11 heteroatoms. The van der Waals surface area contributed by atoms with Crippen molar-refractivity contribution >= 4 is 32.7 Å². The number of nitrogens with zero attached hydrogens (tertiary/aromatic N) is 3. The van der Waals surface area contributed by atoms with Gasteiger partial charge in [-0.2, -0.15) is 18.2 Å². The fourth-order valence-corrected chi connectivity index (χ4v) is 5.88. The zero-order valence-electron chi connectivity index (χ0n) is 20.9. The van der Waals surface area contributed by atoms with E-state index in [0.29, 0.717) is 24.0 Å². The van der Waals surface area contributed by atoms with Gasteiger partial charge in [0.05, 0.1) is 16.8 Å². The second-order valence-electron chi connectivity index (χ2n) is 9.85. The molecule has 200 valence electrons. The molecule has 0 saturated heterocycles. The Morgan fingerprint density at radius 2 is 1.54 bits per heavy atom. The van der Waals surface area contributed by atoms with Crippen LogP contribution in [0.5, 0.6) is 0 Å². The minimum atomic E-state index is -4.44. The quantitative estimate of drug-likeness (QED) is 0.399. The molecule has 0 amide bonds. The standard InChI is InChI=1S/C26H32F3N5O2S/c1-34(2)24-22-5-3-4-6-23(22)32-25(33-24)30-15-18-7-9-19(10-8-18)16-31-37(35,36)17-20-11-13-21(14-12-20)26(27,28)29/h3-6,11-14,18-19,31H,7-10,15-17H2,1-2H3,(H,30,32,33)/t18-,19-. The number of sulfonamides is 1. The van der Waals surface area contributed by atoms with E-state index in [1.165, 1.54) is 12.1 Å². The Morgan fingerprint density at radius 3 is 2.16 bits per heavy atom. The van der Waals surface area contributed by atoms with E-state index in [9.17, 15) is 21.6 Å². The number of hydrogen-bond acceptors (Lipinski definition) is 6. The Morgan fingerprint density at radius 1 is 0.919 bits per heavy atom. The normalized spacial score (nSPS) is 18.6. The van der Waals surface area contributed by atoms with Crippen LogP contribution in [0.15, 0.2) is 48.5 Å². The molecule has 1 saturated carbocycles. The number of hydrogen-bond donors (Lipinski definition) is 2. The molecular formula is C26H32F3N5O2S. The summed E-state index contributed by atoms with van der Waals surface area (Å²) in [6, 6.07) is 12.1. The smallest absolute Gasteiger partial charge is 0.362 e. The molecule has 2 N–H and O–H groups in total. The van der Waals surface area contributed by atoms with Gasteiger partial charge in [-0.3, -0.25) is 0 Å². The molecule has 0 spiro atoms. The monoisotopic (exact) mass is 535 g/mol. The lowest BCUT2D eigenvalue weighted by molar-refractivity contribution is -0.137. The molecule has 1 aliphatic rings. The lowest BCUT2D eigenvalue weighted by Gasteiger charge is -2.28. The topological polar surface area (TPSA) is 87.2 Å². The van der Waals surface area contributed by atoms with Gasteiger partial charge in [-0.1, -0.05) is 24.3 Å². The number of nitrogens with one attached hydrogen (secondary N) is 2. The molecule has 1 aromatic heterocycles. The van der Waals surface area contributed by atoms with Crippen molar-refractivity contribution in [1.29, 1.82) is 0 Å². The van der Waals surface area contributed by atoms with Gasteiger partial charge in [0, 0.05) is 32.6 Å². The summed E-state index contributed by atoms with van der Waals surface area (Å²) in [5, 5.41) is 4.38. The summed E-state index contributed by atoms with van der Waals surface area (Å²) in [4.78, 5) is 11.3. The first kappa shape index (κ1) is 27.1. The molecule has 0 unspecified atom stereocenters. The van der Waals surface area contributed by atoms with Crippen LogP contribution in [0.2, 0.25) is 0 Å². The Bertz CT molecular complexity index is 1310. The van der Waals surface area contributed by atoms with E-state index in [-0.39, 0.29) is 11.7 Å². The number of benzene rings is 2. The third kappa shape index (κ3) is 7.32. The average Bonchev–Trinajstić information content (AvgIpc) is 2.86. The Labute approximate surface area is 215 Å². The fraction of sp³-hybridized carbons (Fsp3) is 0.462. The van der Waals surface area contributed by atoms with Crippen LogP contribution < -0.4 is 14.9 Å². The molecule has 0 atom stereocenters. The minimum absolute atomic E-state index is 0.232. The van der Waals surface area contributed by atoms with Crippen molar-refractivity contribution in [3.8, 4) is 0 Å². The van der Waals surface area contributed by atoms with Crippen molar-refractivity contribution < 1.29 is 21.6 Å². The lowest BCUT2D eigenvalue weighted by Crippen LogP contribution is -2.33. The van der Waals surface area contributed by atoms with Gasteiger partial charge in [-0.25, -0.2) is 18.1 Å². The molecular weight excluding hydrogens is 503 g/mol. The molecule has 2 aromatic carbocycles. The van der Waals surface area contributed by atoms with Crippen LogP contribution in [0.1, 0.15) is 36.8 Å². The fourth-order valence-electron chi connectivity index (χ4n) is 4.66. The molecule has 3 aromatic rings. The number of halogens is 3. The first-order valence-corrected chi connectivity index (χ1v) is 14.0. The highest BCUT2D eigenvalue weighted by Crippen LogP contribution is 2.31. The first-order valence-electron chi connectivity index (χ1n) is 12.3. The summed E-state index contributed by atoms with van der Waals surface area (Å²) in [5.41, 5.74) is 0.415. The average molecular weight is 536 g/mol. The summed E-state index contributed by atoms with van der Waals surface area (Å²) >= 11 is 0. The predicted molar refractivity (Wildman–Crippen MR) is 140 cm³/mol. The van der Waals surface area contributed by atoms with Crippen LogP contribution in [0.25, 0.3) is 10.9 Å². The van der Waals surface area contributed by atoms with E-state index >= 15 is 0 Å². The molecule has 0 aliphatic heterocycles. The second-order valence-corrected chi connectivity index (χ2v) is 11.7. The van der Waals surface area contributed by atoms with E-state index in [1.54, 1.807) is 0 Å². The molecule has 7 nitrogen and oxygen atoms in total. The number of aromatic nitrogens is 2. The van der Waals surface area contributed by atoms with Gasteiger partial charge in [-0.15, -0.1) is 0 Å².